The van der Waals surface area contributed by atoms with Crippen LogP contribution in [0.25, 0.3) is 0 Å². The molecular formula is C12H14INO2. The number of hydrogen-bond donors (Lipinski definition) is 1. The largest absolute Gasteiger partial charge is 0.497 e. The third kappa shape index (κ3) is 4.65. The van der Waals surface area contributed by atoms with Crippen molar-refractivity contribution in [2.75, 3.05) is 7.11 Å². The minimum Gasteiger partial charge on any atom is -0.497 e. The van der Waals surface area contributed by atoms with Crippen LogP contribution in [0.5, 0.6) is 5.75 Å². The van der Waals surface area contributed by atoms with Crippen molar-refractivity contribution in [2.24, 2.45) is 0 Å². The molecule has 0 aromatic heterocycles. The maximum atomic E-state index is 11.3. The van der Waals surface area contributed by atoms with Crippen LogP contribution in [0.1, 0.15) is 12.5 Å². The molecule has 0 saturated heterocycles. The normalized spacial score (nSPS) is 11.1. The second-order valence-corrected chi connectivity index (χ2v) is 5.00. The third-order valence-corrected chi connectivity index (χ3v) is 2.27. The quantitative estimate of drug-likeness (QED) is 0.680. The van der Waals surface area contributed by atoms with Gasteiger partial charge >= 0.3 is 0 Å². The fraction of sp³-hybridized carbons (Fsp3) is 0.250. The van der Waals surface area contributed by atoms with Gasteiger partial charge in [0.25, 0.3) is 0 Å². The van der Waals surface area contributed by atoms with Crippen LogP contribution in [-0.2, 0) is 11.3 Å². The zero-order valence-corrected chi connectivity index (χ0v) is 11.4. The first kappa shape index (κ1) is 13.0. The summed E-state index contributed by atoms with van der Waals surface area (Å²) in [6.07, 6.45) is 1.57. The molecule has 0 bridgehead atoms. The van der Waals surface area contributed by atoms with Gasteiger partial charge in [-0.3, -0.25) is 4.79 Å². The zero-order valence-electron chi connectivity index (χ0n) is 9.29. The van der Waals surface area contributed by atoms with Crippen LogP contribution in [0.3, 0.4) is 0 Å². The topological polar surface area (TPSA) is 38.3 Å². The van der Waals surface area contributed by atoms with E-state index in [-0.39, 0.29) is 5.91 Å². The summed E-state index contributed by atoms with van der Waals surface area (Å²) in [6.45, 7) is 2.41. The molecular weight excluding hydrogens is 317 g/mol. The van der Waals surface area contributed by atoms with E-state index in [1.807, 2.05) is 31.2 Å². The minimum absolute atomic E-state index is 0.0669. The summed E-state index contributed by atoms with van der Waals surface area (Å²) in [7, 11) is 1.63. The first-order valence-corrected chi connectivity index (χ1v) is 5.94. The van der Waals surface area contributed by atoms with E-state index < -0.39 is 0 Å². The van der Waals surface area contributed by atoms with Crippen molar-refractivity contribution in [1.82, 2.24) is 5.32 Å². The number of carbonyl (C=O) groups excluding carboxylic acids is 1. The molecule has 16 heavy (non-hydrogen) atoms. The SMILES string of the molecule is COc1ccc(CNC(=O)C=C(C)I)cc1. The molecule has 0 aliphatic heterocycles. The molecule has 0 spiro atoms. The van der Waals surface area contributed by atoms with E-state index >= 15 is 0 Å². The summed E-state index contributed by atoms with van der Waals surface area (Å²) >= 11 is 2.11. The van der Waals surface area contributed by atoms with Gasteiger partial charge in [0.15, 0.2) is 0 Å². The molecule has 0 fully saturated rings. The van der Waals surface area contributed by atoms with Crippen molar-refractivity contribution >= 4 is 28.5 Å². The molecule has 1 amide bonds. The van der Waals surface area contributed by atoms with Crippen molar-refractivity contribution in [3.63, 3.8) is 0 Å². The number of carbonyl (C=O) groups is 1. The van der Waals surface area contributed by atoms with Crippen molar-refractivity contribution in [2.45, 2.75) is 13.5 Å². The molecule has 0 aliphatic rings. The summed E-state index contributed by atoms with van der Waals surface area (Å²) < 4.78 is 6.01. The standard InChI is InChI=1S/C12H14INO2/c1-9(13)7-12(15)14-8-10-3-5-11(16-2)6-4-10/h3-7H,8H2,1-2H3,(H,14,15). The lowest BCUT2D eigenvalue weighted by molar-refractivity contribution is -0.116. The molecule has 0 heterocycles. The summed E-state index contributed by atoms with van der Waals surface area (Å²) in [6, 6.07) is 7.61. The molecule has 1 aromatic carbocycles. The van der Waals surface area contributed by atoms with Crippen LogP contribution in [0, 0.1) is 0 Å². The van der Waals surface area contributed by atoms with Gasteiger partial charge in [0.2, 0.25) is 5.91 Å². The van der Waals surface area contributed by atoms with E-state index in [1.165, 1.54) is 0 Å². The first-order chi connectivity index (χ1) is 7.61. The van der Waals surface area contributed by atoms with Crippen LogP contribution >= 0.6 is 22.6 Å². The monoisotopic (exact) mass is 331 g/mol. The van der Waals surface area contributed by atoms with Crippen LogP contribution in [-0.4, -0.2) is 13.0 Å². The molecule has 0 saturated carbocycles. The number of ether oxygens (including phenoxy) is 1. The van der Waals surface area contributed by atoms with E-state index in [4.69, 9.17) is 4.74 Å². The molecule has 0 radical (unpaired) electrons. The summed E-state index contributed by atoms with van der Waals surface area (Å²) in [4.78, 5) is 11.3. The molecule has 4 heteroatoms. The Kier molecular flexibility index (Phi) is 5.31. The number of amides is 1. The lowest BCUT2D eigenvalue weighted by Crippen LogP contribution is -2.20. The molecule has 1 aromatic rings. The number of benzene rings is 1. The predicted octanol–water partition coefficient (Wildman–Crippen LogP) is 2.65. The molecule has 0 aliphatic carbocycles. The lowest BCUT2D eigenvalue weighted by Gasteiger charge is -2.04. The second kappa shape index (κ2) is 6.52. The molecule has 1 N–H and O–H groups in total. The van der Waals surface area contributed by atoms with E-state index in [0.29, 0.717) is 6.54 Å². The Morgan fingerprint density at radius 2 is 2.06 bits per heavy atom. The number of nitrogens with one attached hydrogen (secondary N) is 1. The van der Waals surface area contributed by atoms with Crippen LogP contribution in [0.2, 0.25) is 0 Å². The molecule has 0 atom stereocenters. The van der Waals surface area contributed by atoms with Gasteiger partial charge in [-0.15, -0.1) is 0 Å². The van der Waals surface area contributed by atoms with E-state index in [1.54, 1.807) is 13.2 Å². The third-order valence-electron chi connectivity index (χ3n) is 1.96. The Morgan fingerprint density at radius 3 is 2.56 bits per heavy atom. The molecule has 3 nitrogen and oxygen atoms in total. The second-order valence-electron chi connectivity index (χ2n) is 3.30. The number of halogens is 1. The number of allylic oxidation sites excluding steroid dienone is 1. The van der Waals surface area contributed by atoms with Crippen molar-refractivity contribution in [3.8, 4) is 5.75 Å². The van der Waals surface area contributed by atoms with Crippen molar-refractivity contribution in [3.05, 3.63) is 39.5 Å². The van der Waals surface area contributed by atoms with Gasteiger partial charge in [0.05, 0.1) is 7.11 Å². The highest BCUT2D eigenvalue weighted by molar-refractivity contribution is 14.1. The Morgan fingerprint density at radius 1 is 1.44 bits per heavy atom. The molecule has 86 valence electrons. The number of hydrogen-bond acceptors (Lipinski definition) is 2. The fourth-order valence-electron chi connectivity index (χ4n) is 1.16. The highest BCUT2D eigenvalue weighted by Crippen LogP contribution is 2.11. The van der Waals surface area contributed by atoms with Gasteiger partial charge in [-0.05, 0) is 50.8 Å². The Bertz CT molecular complexity index is 381. The van der Waals surface area contributed by atoms with E-state index in [2.05, 4.69) is 27.9 Å². The van der Waals surface area contributed by atoms with Gasteiger partial charge in [0.1, 0.15) is 5.75 Å². The van der Waals surface area contributed by atoms with Gasteiger partial charge in [-0.1, -0.05) is 12.1 Å². The summed E-state index contributed by atoms with van der Waals surface area (Å²) in [5.74, 6) is 0.751. The lowest BCUT2D eigenvalue weighted by atomic mass is 10.2. The predicted molar refractivity (Wildman–Crippen MR) is 72.6 cm³/mol. The number of methoxy groups -OCH3 is 1. The van der Waals surface area contributed by atoms with Crippen molar-refractivity contribution < 1.29 is 9.53 Å². The van der Waals surface area contributed by atoms with Gasteiger partial charge < -0.3 is 10.1 Å². The average molecular weight is 331 g/mol. The molecule has 1 rings (SSSR count). The fourth-order valence-corrected chi connectivity index (χ4v) is 1.45. The van der Waals surface area contributed by atoms with E-state index in [0.717, 1.165) is 14.9 Å². The first-order valence-electron chi connectivity index (χ1n) is 4.86. The summed E-state index contributed by atoms with van der Waals surface area (Å²) in [5, 5.41) is 2.81. The maximum absolute atomic E-state index is 11.3. The summed E-state index contributed by atoms with van der Waals surface area (Å²) in [5.41, 5.74) is 1.05. The van der Waals surface area contributed by atoms with Crippen LogP contribution in [0.4, 0.5) is 0 Å². The smallest absolute Gasteiger partial charge is 0.244 e. The maximum Gasteiger partial charge on any atom is 0.244 e. The Balaban J connectivity index is 2.48. The van der Waals surface area contributed by atoms with E-state index in [9.17, 15) is 4.79 Å². The number of rotatable bonds is 4. The van der Waals surface area contributed by atoms with Gasteiger partial charge in [0, 0.05) is 12.6 Å². The molecule has 0 unspecified atom stereocenters. The highest BCUT2D eigenvalue weighted by atomic mass is 127. The Hall–Kier alpha value is -1.04. The highest BCUT2D eigenvalue weighted by Gasteiger charge is 1.98. The minimum atomic E-state index is -0.0669. The average Bonchev–Trinajstić information content (AvgIpc) is 2.26. The Labute approximate surface area is 109 Å². The van der Waals surface area contributed by atoms with Gasteiger partial charge in [-0.25, -0.2) is 0 Å². The van der Waals surface area contributed by atoms with Gasteiger partial charge in [-0.2, -0.15) is 0 Å². The zero-order chi connectivity index (χ0) is 12.0. The van der Waals surface area contributed by atoms with Crippen LogP contribution in [0.15, 0.2) is 33.9 Å². The van der Waals surface area contributed by atoms with Crippen molar-refractivity contribution in [1.29, 1.82) is 0 Å². The van der Waals surface area contributed by atoms with Crippen LogP contribution < -0.4 is 10.1 Å².